The number of rotatable bonds is 9. The molecule has 0 aromatic heterocycles. The smallest absolute Gasteiger partial charge is 0.340 e. The van der Waals surface area contributed by atoms with Crippen LogP contribution < -0.4 is 9.47 Å². The molecule has 0 heterocycles. The zero-order valence-electron chi connectivity index (χ0n) is 13.3. The van der Waals surface area contributed by atoms with Crippen molar-refractivity contribution >= 4 is 5.97 Å². The fourth-order valence-electron chi connectivity index (χ4n) is 2.00. The van der Waals surface area contributed by atoms with E-state index in [0.717, 1.165) is 25.7 Å². The van der Waals surface area contributed by atoms with Crippen LogP contribution >= 0.6 is 0 Å². The lowest BCUT2D eigenvalue weighted by Crippen LogP contribution is -2.08. The molecule has 0 radical (unpaired) electrons. The lowest BCUT2D eigenvalue weighted by molar-refractivity contribution is 0.0691. The standard InChI is InChI=1S/C16H24O6/c1-4-6-8-21-14-10(3)11(16(19)20)12(17)13(18)15(14)22-9-7-5-2/h17-18H,4-9H2,1-3H3,(H,19,20). The van der Waals surface area contributed by atoms with Gasteiger partial charge in [-0.15, -0.1) is 0 Å². The van der Waals surface area contributed by atoms with E-state index in [-0.39, 0.29) is 22.6 Å². The number of carboxylic acids is 1. The third-order valence-electron chi connectivity index (χ3n) is 3.30. The van der Waals surface area contributed by atoms with E-state index in [0.29, 0.717) is 13.2 Å². The van der Waals surface area contributed by atoms with Gasteiger partial charge in [0.25, 0.3) is 0 Å². The Morgan fingerprint density at radius 2 is 1.45 bits per heavy atom. The zero-order valence-corrected chi connectivity index (χ0v) is 13.3. The summed E-state index contributed by atoms with van der Waals surface area (Å²) in [5, 5.41) is 29.2. The molecule has 0 aliphatic heterocycles. The molecule has 0 aliphatic rings. The van der Waals surface area contributed by atoms with E-state index in [1.54, 1.807) is 0 Å². The highest BCUT2D eigenvalue weighted by molar-refractivity contribution is 5.95. The Bertz CT molecular complexity index is 524. The van der Waals surface area contributed by atoms with Crippen molar-refractivity contribution in [3.05, 3.63) is 11.1 Å². The van der Waals surface area contributed by atoms with Crippen LogP contribution in [0.1, 0.15) is 55.5 Å². The van der Waals surface area contributed by atoms with Crippen molar-refractivity contribution in [2.45, 2.75) is 46.5 Å². The first-order valence-corrected chi connectivity index (χ1v) is 7.52. The monoisotopic (exact) mass is 312 g/mol. The SMILES string of the molecule is CCCCOc1c(C)c(C(=O)O)c(O)c(O)c1OCCCC. The number of phenols is 2. The van der Waals surface area contributed by atoms with Crippen LogP contribution in [0.15, 0.2) is 0 Å². The van der Waals surface area contributed by atoms with E-state index in [1.165, 1.54) is 6.92 Å². The van der Waals surface area contributed by atoms with Gasteiger partial charge in [0, 0.05) is 5.56 Å². The molecule has 6 heteroatoms. The van der Waals surface area contributed by atoms with E-state index in [1.807, 2.05) is 13.8 Å². The molecular weight excluding hydrogens is 288 g/mol. The Labute approximate surface area is 130 Å². The predicted molar refractivity (Wildman–Crippen MR) is 82.3 cm³/mol. The molecule has 6 nitrogen and oxygen atoms in total. The summed E-state index contributed by atoms with van der Waals surface area (Å²) in [4.78, 5) is 11.3. The molecule has 0 amide bonds. The molecule has 3 N–H and O–H groups in total. The molecule has 1 aromatic carbocycles. The van der Waals surface area contributed by atoms with Crippen LogP contribution in [0.25, 0.3) is 0 Å². The van der Waals surface area contributed by atoms with Crippen LogP contribution in [0.4, 0.5) is 0 Å². The first-order valence-electron chi connectivity index (χ1n) is 7.52. The Hall–Kier alpha value is -2.11. The maximum absolute atomic E-state index is 11.3. The molecule has 0 bridgehead atoms. The normalized spacial score (nSPS) is 10.5. The molecule has 1 aromatic rings. The minimum absolute atomic E-state index is 0.00422. The van der Waals surface area contributed by atoms with Gasteiger partial charge in [-0.2, -0.15) is 0 Å². The Balaban J connectivity index is 3.28. The van der Waals surface area contributed by atoms with Crippen molar-refractivity contribution in [3.8, 4) is 23.0 Å². The molecule has 0 aliphatic carbocycles. The van der Waals surface area contributed by atoms with Gasteiger partial charge in [0.15, 0.2) is 11.5 Å². The number of ether oxygens (including phenoxy) is 2. The van der Waals surface area contributed by atoms with E-state index in [2.05, 4.69) is 0 Å². The topological polar surface area (TPSA) is 96.2 Å². The average molecular weight is 312 g/mol. The summed E-state index contributed by atoms with van der Waals surface area (Å²) in [6.07, 6.45) is 3.39. The molecule has 0 atom stereocenters. The number of aromatic hydroxyl groups is 2. The molecular formula is C16H24O6. The fraction of sp³-hybridized carbons (Fsp3) is 0.562. The molecule has 0 spiro atoms. The summed E-state index contributed by atoms with van der Waals surface area (Å²) >= 11 is 0. The summed E-state index contributed by atoms with van der Waals surface area (Å²) in [6, 6.07) is 0. The number of carboxylic acid groups (broad SMARTS) is 1. The third kappa shape index (κ3) is 3.96. The third-order valence-corrected chi connectivity index (χ3v) is 3.30. The van der Waals surface area contributed by atoms with Gasteiger partial charge in [0.2, 0.25) is 11.5 Å². The summed E-state index contributed by atoms with van der Waals surface area (Å²) in [7, 11) is 0. The van der Waals surface area contributed by atoms with Crippen molar-refractivity contribution in [1.29, 1.82) is 0 Å². The number of hydrogen-bond donors (Lipinski definition) is 3. The van der Waals surface area contributed by atoms with E-state index in [9.17, 15) is 20.1 Å². The summed E-state index contributed by atoms with van der Waals surface area (Å²) < 4.78 is 11.1. The fourth-order valence-corrected chi connectivity index (χ4v) is 2.00. The lowest BCUT2D eigenvalue weighted by atomic mass is 10.0. The second-order valence-corrected chi connectivity index (χ2v) is 5.06. The van der Waals surface area contributed by atoms with Gasteiger partial charge in [-0.1, -0.05) is 26.7 Å². The van der Waals surface area contributed by atoms with Crippen LogP contribution in [0.5, 0.6) is 23.0 Å². The Morgan fingerprint density at radius 3 is 1.91 bits per heavy atom. The summed E-state index contributed by atoms with van der Waals surface area (Å²) in [5.41, 5.74) is -0.128. The second kappa shape index (κ2) is 8.36. The summed E-state index contributed by atoms with van der Waals surface area (Å²) in [5.74, 6) is -2.43. The van der Waals surface area contributed by atoms with E-state index >= 15 is 0 Å². The Kier molecular flexibility index (Phi) is 6.82. The minimum atomic E-state index is -1.33. The van der Waals surface area contributed by atoms with Crippen LogP contribution in [0.3, 0.4) is 0 Å². The quantitative estimate of drug-likeness (QED) is 0.477. The number of carbonyl (C=O) groups is 1. The highest BCUT2D eigenvalue weighted by Gasteiger charge is 2.27. The summed E-state index contributed by atoms with van der Waals surface area (Å²) in [6.45, 7) is 6.25. The van der Waals surface area contributed by atoms with Crippen molar-refractivity contribution in [3.63, 3.8) is 0 Å². The van der Waals surface area contributed by atoms with Crippen LogP contribution in [-0.2, 0) is 0 Å². The number of unbranched alkanes of at least 4 members (excludes halogenated alkanes) is 2. The molecule has 1 rings (SSSR count). The number of phenolic OH excluding ortho intramolecular Hbond substituents is 1. The van der Waals surface area contributed by atoms with E-state index < -0.39 is 17.5 Å². The zero-order chi connectivity index (χ0) is 16.7. The van der Waals surface area contributed by atoms with Crippen molar-refractivity contribution < 1.29 is 29.6 Å². The number of benzene rings is 1. The lowest BCUT2D eigenvalue weighted by Gasteiger charge is -2.19. The molecule has 0 saturated heterocycles. The van der Waals surface area contributed by atoms with Crippen LogP contribution in [0, 0.1) is 6.92 Å². The largest absolute Gasteiger partial charge is 0.504 e. The van der Waals surface area contributed by atoms with Gasteiger partial charge in [0.1, 0.15) is 5.56 Å². The van der Waals surface area contributed by atoms with Gasteiger partial charge in [-0.25, -0.2) is 4.79 Å². The van der Waals surface area contributed by atoms with Gasteiger partial charge in [-0.3, -0.25) is 0 Å². The highest BCUT2D eigenvalue weighted by atomic mass is 16.5. The average Bonchev–Trinajstić information content (AvgIpc) is 2.47. The van der Waals surface area contributed by atoms with Crippen LogP contribution in [-0.4, -0.2) is 34.5 Å². The van der Waals surface area contributed by atoms with Gasteiger partial charge in [-0.05, 0) is 19.8 Å². The maximum atomic E-state index is 11.3. The van der Waals surface area contributed by atoms with Crippen molar-refractivity contribution in [2.75, 3.05) is 13.2 Å². The second-order valence-electron chi connectivity index (χ2n) is 5.06. The first kappa shape index (κ1) is 17.9. The minimum Gasteiger partial charge on any atom is -0.504 e. The highest BCUT2D eigenvalue weighted by Crippen LogP contribution is 2.48. The first-order chi connectivity index (χ1) is 10.5. The van der Waals surface area contributed by atoms with E-state index in [4.69, 9.17) is 9.47 Å². The van der Waals surface area contributed by atoms with Gasteiger partial charge in [0.05, 0.1) is 13.2 Å². The van der Waals surface area contributed by atoms with Gasteiger partial charge < -0.3 is 24.8 Å². The number of aromatic carboxylic acids is 1. The molecule has 22 heavy (non-hydrogen) atoms. The molecule has 124 valence electrons. The predicted octanol–water partition coefficient (Wildman–Crippen LogP) is 3.46. The van der Waals surface area contributed by atoms with Gasteiger partial charge >= 0.3 is 5.97 Å². The molecule has 0 unspecified atom stereocenters. The molecule has 0 fully saturated rings. The maximum Gasteiger partial charge on any atom is 0.340 e. The molecule has 0 saturated carbocycles. The Morgan fingerprint density at radius 1 is 0.955 bits per heavy atom. The number of hydrogen-bond acceptors (Lipinski definition) is 5. The van der Waals surface area contributed by atoms with Crippen LogP contribution in [0.2, 0.25) is 0 Å². The van der Waals surface area contributed by atoms with Crippen molar-refractivity contribution in [2.24, 2.45) is 0 Å². The van der Waals surface area contributed by atoms with Crippen molar-refractivity contribution in [1.82, 2.24) is 0 Å².